The molecule has 0 atom stereocenters. The van der Waals surface area contributed by atoms with Crippen molar-refractivity contribution in [3.8, 4) is 0 Å². The monoisotopic (exact) mass is 301 g/mol. The molecule has 0 aliphatic heterocycles. The van der Waals surface area contributed by atoms with Crippen LogP contribution in [0.1, 0.15) is 5.82 Å². The second-order valence-corrected chi connectivity index (χ2v) is 5.85. The van der Waals surface area contributed by atoms with E-state index in [-0.39, 0.29) is 0 Å². The van der Waals surface area contributed by atoms with Gasteiger partial charge in [-0.2, -0.15) is 4.37 Å². The number of rotatable bonds is 2. The zero-order chi connectivity index (χ0) is 10.8. The van der Waals surface area contributed by atoms with Crippen molar-refractivity contribution in [1.29, 1.82) is 0 Å². The second-order valence-electron chi connectivity index (χ2n) is 2.89. The van der Waals surface area contributed by atoms with Crippen LogP contribution in [-0.2, 0) is 0 Å². The van der Waals surface area contributed by atoms with E-state index in [0.29, 0.717) is 0 Å². The molecule has 78 valence electrons. The fraction of sp³-hybridized carbons (Fsp3) is 0.111. The molecule has 0 saturated heterocycles. The van der Waals surface area contributed by atoms with Gasteiger partial charge in [0, 0.05) is 15.1 Å². The summed E-state index contributed by atoms with van der Waals surface area (Å²) >= 11 is 6.31. The first-order valence-corrected chi connectivity index (χ1v) is 6.56. The van der Waals surface area contributed by atoms with Gasteiger partial charge in [-0.05, 0) is 36.7 Å². The van der Waals surface area contributed by atoms with Gasteiger partial charge in [0.25, 0.3) is 0 Å². The van der Waals surface area contributed by atoms with Crippen LogP contribution in [-0.4, -0.2) is 9.36 Å². The number of halogens is 1. The normalized spacial score (nSPS) is 10.5. The highest BCUT2D eigenvalue weighted by atomic mass is 79.9. The number of nitrogens with two attached hydrogens (primary N) is 1. The summed E-state index contributed by atoms with van der Waals surface area (Å²) in [6.45, 7) is 1.88. The van der Waals surface area contributed by atoms with Gasteiger partial charge in [0.15, 0.2) is 4.34 Å². The minimum Gasteiger partial charge on any atom is -0.398 e. The number of nitrogen functional groups attached to an aromatic ring is 1. The largest absolute Gasteiger partial charge is 0.398 e. The molecule has 15 heavy (non-hydrogen) atoms. The molecule has 0 aliphatic rings. The summed E-state index contributed by atoms with van der Waals surface area (Å²) in [5.74, 6) is 0.804. The van der Waals surface area contributed by atoms with E-state index < -0.39 is 0 Å². The summed E-state index contributed by atoms with van der Waals surface area (Å²) in [5.41, 5.74) is 6.63. The SMILES string of the molecule is Cc1nsc(Sc2ccc(Br)cc2N)n1. The Morgan fingerprint density at radius 3 is 2.87 bits per heavy atom. The number of hydrogen-bond acceptors (Lipinski definition) is 5. The number of aryl methyl sites for hydroxylation is 1. The molecule has 0 unspecified atom stereocenters. The van der Waals surface area contributed by atoms with Gasteiger partial charge in [-0.1, -0.05) is 27.7 Å². The minimum absolute atomic E-state index is 0.752. The van der Waals surface area contributed by atoms with E-state index >= 15 is 0 Å². The summed E-state index contributed by atoms with van der Waals surface area (Å²) in [6.07, 6.45) is 0. The van der Waals surface area contributed by atoms with Gasteiger partial charge in [0.1, 0.15) is 5.82 Å². The number of anilines is 1. The third-order valence-corrected chi connectivity index (χ3v) is 4.11. The van der Waals surface area contributed by atoms with Gasteiger partial charge >= 0.3 is 0 Å². The molecule has 2 rings (SSSR count). The lowest BCUT2D eigenvalue weighted by atomic mass is 10.3. The molecule has 3 nitrogen and oxygen atoms in total. The Bertz CT molecular complexity index is 484. The highest BCUT2D eigenvalue weighted by molar-refractivity contribution is 9.10. The van der Waals surface area contributed by atoms with E-state index in [1.807, 2.05) is 25.1 Å². The maximum Gasteiger partial charge on any atom is 0.174 e. The molecule has 0 aliphatic carbocycles. The van der Waals surface area contributed by atoms with Crippen LogP contribution in [0.3, 0.4) is 0 Å². The van der Waals surface area contributed by atoms with Crippen LogP contribution in [0, 0.1) is 6.92 Å². The van der Waals surface area contributed by atoms with Crippen LogP contribution in [0.2, 0.25) is 0 Å². The Morgan fingerprint density at radius 2 is 2.27 bits per heavy atom. The third-order valence-electron chi connectivity index (χ3n) is 1.68. The lowest BCUT2D eigenvalue weighted by Crippen LogP contribution is -1.87. The van der Waals surface area contributed by atoms with E-state index in [2.05, 4.69) is 25.3 Å². The third kappa shape index (κ3) is 2.70. The van der Waals surface area contributed by atoms with Gasteiger partial charge in [-0.3, -0.25) is 0 Å². The number of aromatic nitrogens is 2. The molecule has 0 saturated carbocycles. The van der Waals surface area contributed by atoms with Crippen molar-refractivity contribution in [2.75, 3.05) is 5.73 Å². The summed E-state index contributed by atoms with van der Waals surface area (Å²) < 4.78 is 6.02. The second kappa shape index (κ2) is 4.51. The van der Waals surface area contributed by atoms with E-state index in [9.17, 15) is 0 Å². The Labute approximate surface area is 104 Å². The van der Waals surface area contributed by atoms with Crippen LogP contribution in [0.5, 0.6) is 0 Å². The Kier molecular flexibility index (Phi) is 3.28. The molecule has 2 N–H and O–H groups in total. The lowest BCUT2D eigenvalue weighted by molar-refractivity contribution is 1.10. The molecular weight excluding hydrogens is 294 g/mol. The average molecular weight is 302 g/mol. The maximum absolute atomic E-state index is 5.88. The summed E-state index contributed by atoms with van der Waals surface area (Å²) in [7, 11) is 0. The summed E-state index contributed by atoms with van der Waals surface area (Å²) in [4.78, 5) is 5.28. The number of nitrogens with zero attached hydrogens (tertiary/aromatic N) is 2. The van der Waals surface area contributed by atoms with Crippen molar-refractivity contribution in [2.45, 2.75) is 16.2 Å². The quantitative estimate of drug-likeness (QED) is 0.864. The molecule has 0 fully saturated rings. The standard InChI is InChI=1S/C9H8BrN3S2/c1-5-12-9(15-13-5)14-8-3-2-6(10)4-7(8)11/h2-4H,11H2,1H3. The average Bonchev–Trinajstić information content (AvgIpc) is 2.56. The molecular formula is C9H8BrN3S2. The van der Waals surface area contributed by atoms with E-state index in [4.69, 9.17) is 5.73 Å². The molecule has 0 radical (unpaired) electrons. The molecule has 1 aromatic carbocycles. The maximum atomic E-state index is 5.88. The first kappa shape index (κ1) is 10.9. The van der Waals surface area contributed by atoms with E-state index in [0.717, 1.165) is 25.2 Å². The van der Waals surface area contributed by atoms with E-state index in [1.165, 1.54) is 11.5 Å². The van der Waals surface area contributed by atoms with E-state index in [1.54, 1.807) is 11.8 Å². The molecule has 0 bridgehead atoms. The predicted molar refractivity (Wildman–Crippen MR) is 67.3 cm³/mol. The van der Waals surface area contributed by atoms with Crippen LogP contribution in [0.25, 0.3) is 0 Å². The van der Waals surface area contributed by atoms with Crippen molar-refractivity contribution >= 4 is 44.9 Å². The molecule has 1 aromatic heterocycles. The number of hydrogen-bond donors (Lipinski definition) is 1. The van der Waals surface area contributed by atoms with Gasteiger partial charge in [0.05, 0.1) is 0 Å². The Balaban J connectivity index is 2.24. The molecule has 1 heterocycles. The van der Waals surface area contributed by atoms with Crippen LogP contribution in [0.4, 0.5) is 5.69 Å². The number of benzene rings is 1. The van der Waals surface area contributed by atoms with Crippen LogP contribution < -0.4 is 5.73 Å². The fourth-order valence-corrected chi connectivity index (χ4v) is 3.04. The molecule has 0 amide bonds. The van der Waals surface area contributed by atoms with Gasteiger partial charge in [-0.15, -0.1) is 0 Å². The van der Waals surface area contributed by atoms with Crippen molar-refractivity contribution < 1.29 is 0 Å². The summed E-state index contributed by atoms with van der Waals surface area (Å²) in [6, 6.07) is 5.82. The summed E-state index contributed by atoms with van der Waals surface area (Å²) in [5, 5.41) is 0. The van der Waals surface area contributed by atoms with Gasteiger partial charge in [-0.25, -0.2) is 4.98 Å². The molecule has 0 spiro atoms. The highest BCUT2D eigenvalue weighted by Crippen LogP contribution is 2.34. The Hall–Kier alpha value is -0.590. The smallest absolute Gasteiger partial charge is 0.174 e. The molecule has 6 heteroatoms. The highest BCUT2D eigenvalue weighted by Gasteiger charge is 2.06. The van der Waals surface area contributed by atoms with Crippen LogP contribution >= 0.6 is 39.2 Å². The Morgan fingerprint density at radius 1 is 1.47 bits per heavy atom. The zero-order valence-corrected chi connectivity index (χ0v) is 11.1. The van der Waals surface area contributed by atoms with Crippen molar-refractivity contribution in [3.05, 3.63) is 28.5 Å². The zero-order valence-electron chi connectivity index (χ0n) is 7.90. The molecule has 2 aromatic rings. The van der Waals surface area contributed by atoms with Crippen LogP contribution in [0.15, 0.2) is 31.9 Å². The van der Waals surface area contributed by atoms with Gasteiger partial charge < -0.3 is 5.73 Å². The lowest BCUT2D eigenvalue weighted by Gasteiger charge is -2.02. The first-order chi connectivity index (χ1) is 7.15. The van der Waals surface area contributed by atoms with Crippen molar-refractivity contribution in [1.82, 2.24) is 9.36 Å². The fourth-order valence-electron chi connectivity index (χ4n) is 1.03. The van der Waals surface area contributed by atoms with Gasteiger partial charge in [0.2, 0.25) is 0 Å². The first-order valence-electron chi connectivity index (χ1n) is 4.18. The van der Waals surface area contributed by atoms with Crippen molar-refractivity contribution in [2.24, 2.45) is 0 Å². The van der Waals surface area contributed by atoms with Crippen molar-refractivity contribution in [3.63, 3.8) is 0 Å². The topological polar surface area (TPSA) is 51.8 Å². The predicted octanol–water partition coefficient (Wildman–Crippen LogP) is 3.34. The minimum atomic E-state index is 0.752.